The molecule has 0 saturated carbocycles. The summed E-state index contributed by atoms with van der Waals surface area (Å²) in [6, 6.07) is 6.01. The number of hydrogen-bond acceptors (Lipinski definition) is 3. The highest BCUT2D eigenvalue weighted by atomic mass is 79.9. The van der Waals surface area contributed by atoms with Gasteiger partial charge in [-0.05, 0) is 35.9 Å². The molecule has 3 rings (SSSR count). The van der Waals surface area contributed by atoms with Gasteiger partial charge in [0.1, 0.15) is 11.6 Å². The van der Waals surface area contributed by atoms with E-state index in [0.29, 0.717) is 11.7 Å². The van der Waals surface area contributed by atoms with Crippen molar-refractivity contribution in [1.29, 1.82) is 0 Å². The lowest BCUT2D eigenvalue weighted by Gasteiger charge is -2.24. The minimum atomic E-state index is 0.226. The molecule has 1 aromatic heterocycles. The van der Waals surface area contributed by atoms with E-state index in [1.807, 2.05) is 12.1 Å². The van der Waals surface area contributed by atoms with Gasteiger partial charge in [-0.15, -0.1) is 0 Å². The van der Waals surface area contributed by atoms with Gasteiger partial charge in [0, 0.05) is 10.9 Å². The van der Waals surface area contributed by atoms with E-state index < -0.39 is 0 Å². The van der Waals surface area contributed by atoms with Crippen molar-refractivity contribution < 1.29 is 4.74 Å². The fourth-order valence-electron chi connectivity index (χ4n) is 2.83. The standard InChI is InChI=1S/C17H19BrN2O/c1-9(2)10-6-13-12-5-4-11(21-3)8-14(12)17(19)20-16(13)15(18)7-10/h4-6,8-9,15H,7H2,1-3H3,(H2,19,20). The summed E-state index contributed by atoms with van der Waals surface area (Å²) in [5.74, 6) is 1.90. The first-order chi connectivity index (χ1) is 10.0. The lowest BCUT2D eigenvalue weighted by atomic mass is 9.87. The Labute approximate surface area is 133 Å². The number of nitrogen functional groups attached to an aromatic ring is 1. The number of anilines is 1. The van der Waals surface area contributed by atoms with Crippen LogP contribution in [-0.2, 0) is 0 Å². The van der Waals surface area contributed by atoms with Crippen molar-refractivity contribution in [3.05, 3.63) is 35.0 Å². The van der Waals surface area contributed by atoms with E-state index in [1.54, 1.807) is 7.11 Å². The third-order valence-corrected chi connectivity index (χ3v) is 4.85. The molecule has 21 heavy (non-hydrogen) atoms. The normalized spacial score (nSPS) is 17.8. The van der Waals surface area contributed by atoms with Gasteiger partial charge in [0.25, 0.3) is 0 Å². The van der Waals surface area contributed by atoms with Gasteiger partial charge in [0.15, 0.2) is 0 Å². The zero-order valence-electron chi connectivity index (χ0n) is 12.5. The Morgan fingerprint density at radius 1 is 1.33 bits per heavy atom. The Morgan fingerprint density at radius 3 is 2.76 bits per heavy atom. The number of fused-ring (bicyclic) bond motifs is 3. The summed E-state index contributed by atoms with van der Waals surface area (Å²) >= 11 is 3.76. The van der Waals surface area contributed by atoms with Crippen LogP contribution in [0.2, 0.25) is 0 Å². The predicted molar refractivity (Wildman–Crippen MR) is 91.8 cm³/mol. The lowest BCUT2D eigenvalue weighted by molar-refractivity contribution is 0.415. The fraction of sp³-hybridized carbons (Fsp3) is 0.353. The molecule has 1 unspecified atom stereocenters. The number of allylic oxidation sites excluding steroid dienone is 1. The molecule has 4 heteroatoms. The van der Waals surface area contributed by atoms with Crippen LogP contribution in [0.5, 0.6) is 5.75 Å². The molecular formula is C17H19BrN2O. The van der Waals surface area contributed by atoms with Crippen LogP contribution in [0, 0.1) is 5.92 Å². The van der Waals surface area contributed by atoms with Crippen LogP contribution in [-0.4, -0.2) is 12.1 Å². The van der Waals surface area contributed by atoms with E-state index in [-0.39, 0.29) is 4.83 Å². The van der Waals surface area contributed by atoms with Crippen LogP contribution >= 0.6 is 15.9 Å². The predicted octanol–water partition coefficient (Wildman–Crippen LogP) is 4.70. The molecule has 1 aromatic carbocycles. The number of benzene rings is 1. The SMILES string of the molecule is COc1ccc2c3c(nc(N)c2c1)C(Br)CC(C(C)C)=C3. The number of hydrogen-bond donors (Lipinski definition) is 1. The number of halogens is 1. The molecule has 1 atom stereocenters. The molecule has 1 aliphatic rings. The van der Waals surface area contributed by atoms with Crippen LogP contribution in [0.25, 0.3) is 16.8 Å². The first-order valence-corrected chi connectivity index (χ1v) is 8.04. The molecule has 1 heterocycles. The molecule has 3 nitrogen and oxygen atoms in total. The lowest BCUT2D eigenvalue weighted by Crippen LogP contribution is -2.10. The van der Waals surface area contributed by atoms with Crippen molar-refractivity contribution in [3.63, 3.8) is 0 Å². The molecule has 0 spiro atoms. The van der Waals surface area contributed by atoms with Crippen LogP contribution in [0.1, 0.15) is 36.4 Å². The van der Waals surface area contributed by atoms with Crippen molar-refractivity contribution in [2.24, 2.45) is 5.92 Å². The van der Waals surface area contributed by atoms with Gasteiger partial charge in [-0.3, -0.25) is 0 Å². The summed E-state index contributed by atoms with van der Waals surface area (Å²) in [7, 11) is 1.66. The van der Waals surface area contributed by atoms with Crippen molar-refractivity contribution in [2.45, 2.75) is 25.1 Å². The largest absolute Gasteiger partial charge is 0.497 e. The Hall–Kier alpha value is -1.55. The van der Waals surface area contributed by atoms with E-state index in [4.69, 9.17) is 10.5 Å². The number of alkyl halides is 1. The molecule has 110 valence electrons. The Kier molecular flexibility index (Phi) is 3.66. The molecule has 2 N–H and O–H groups in total. The number of rotatable bonds is 2. The minimum Gasteiger partial charge on any atom is -0.497 e. The van der Waals surface area contributed by atoms with E-state index in [9.17, 15) is 0 Å². The average molecular weight is 347 g/mol. The Bertz CT molecular complexity index is 737. The van der Waals surface area contributed by atoms with E-state index in [1.165, 1.54) is 11.1 Å². The molecule has 0 bridgehead atoms. The highest BCUT2D eigenvalue weighted by Crippen LogP contribution is 2.43. The fourth-order valence-corrected chi connectivity index (χ4v) is 3.55. The van der Waals surface area contributed by atoms with Gasteiger partial charge < -0.3 is 10.5 Å². The highest BCUT2D eigenvalue weighted by Gasteiger charge is 2.24. The second kappa shape index (κ2) is 5.34. The summed E-state index contributed by atoms with van der Waals surface area (Å²) in [6.45, 7) is 4.46. The molecule has 0 fully saturated rings. The van der Waals surface area contributed by atoms with Gasteiger partial charge in [0.05, 0.1) is 17.6 Å². The highest BCUT2D eigenvalue weighted by molar-refractivity contribution is 9.09. The minimum absolute atomic E-state index is 0.226. The third-order valence-electron chi connectivity index (χ3n) is 4.09. The molecule has 2 aromatic rings. The summed E-state index contributed by atoms with van der Waals surface area (Å²) in [6.07, 6.45) is 3.26. The van der Waals surface area contributed by atoms with Crippen LogP contribution in [0.15, 0.2) is 23.8 Å². The van der Waals surface area contributed by atoms with E-state index in [2.05, 4.69) is 46.9 Å². The molecule has 0 aliphatic heterocycles. The van der Waals surface area contributed by atoms with Gasteiger partial charge >= 0.3 is 0 Å². The molecule has 0 amide bonds. The summed E-state index contributed by atoms with van der Waals surface area (Å²) < 4.78 is 5.29. The van der Waals surface area contributed by atoms with Gasteiger partial charge in [0.2, 0.25) is 0 Å². The molecule has 0 radical (unpaired) electrons. The zero-order chi connectivity index (χ0) is 15.1. The van der Waals surface area contributed by atoms with Crippen LogP contribution in [0.3, 0.4) is 0 Å². The second-order valence-corrected chi connectivity index (χ2v) is 6.86. The number of nitrogens with zero attached hydrogens (tertiary/aromatic N) is 1. The molecule has 1 aliphatic carbocycles. The monoisotopic (exact) mass is 346 g/mol. The van der Waals surface area contributed by atoms with Crippen molar-refractivity contribution in [1.82, 2.24) is 4.98 Å². The number of nitrogens with two attached hydrogens (primary N) is 1. The molecular weight excluding hydrogens is 328 g/mol. The van der Waals surface area contributed by atoms with Gasteiger partial charge in [-0.1, -0.05) is 41.4 Å². The maximum atomic E-state index is 6.15. The topological polar surface area (TPSA) is 48.1 Å². The Balaban J connectivity index is 2.31. The number of aromatic nitrogens is 1. The van der Waals surface area contributed by atoms with Gasteiger partial charge in [-0.2, -0.15) is 0 Å². The zero-order valence-corrected chi connectivity index (χ0v) is 14.1. The third kappa shape index (κ3) is 2.42. The van der Waals surface area contributed by atoms with Gasteiger partial charge in [-0.25, -0.2) is 4.98 Å². The van der Waals surface area contributed by atoms with E-state index >= 15 is 0 Å². The summed E-state index contributed by atoms with van der Waals surface area (Å²) in [5.41, 5.74) is 9.81. The number of methoxy groups -OCH3 is 1. The van der Waals surface area contributed by atoms with Crippen LogP contribution in [0.4, 0.5) is 5.82 Å². The van der Waals surface area contributed by atoms with Crippen molar-refractivity contribution >= 4 is 38.6 Å². The maximum absolute atomic E-state index is 6.15. The average Bonchev–Trinajstić information content (AvgIpc) is 2.47. The molecule has 0 saturated heterocycles. The summed E-state index contributed by atoms with van der Waals surface area (Å²) in [4.78, 5) is 4.85. The first-order valence-electron chi connectivity index (χ1n) is 7.13. The second-order valence-electron chi connectivity index (χ2n) is 5.75. The quantitative estimate of drug-likeness (QED) is 0.801. The first kappa shape index (κ1) is 14.4. The Morgan fingerprint density at radius 2 is 2.10 bits per heavy atom. The maximum Gasteiger partial charge on any atom is 0.131 e. The number of pyridine rings is 1. The van der Waals surface area contributed by atoms with Crippen molar-refractivity contribution in [3.8, 4) is 5.75 Å². The number of ether oxygens (including phenoxy) is 1. The van der Waals surface area contributed by atoms with Crippen molar-refractivity contribution in [2.75, 3.05) is 12.8 Å². The smallest absolute Gasteiger partial charge is 0.131 e. The summed E-state index contributed by atoms with van der Waals surface area (Å²) in [5, 5.41) is 2.09. The van der Waals surface area contributed by atoms with Crippen LogP contribution < -0.4 is 10.5 Å². The van der Waals surface area contributed by atoms with E-state index in [0.717, 1.165) is 28.6 Å².